The van der Waals surface area contributed by atoms with Crippen molar-refractivity contribution in [1.29, 1.82) is 0 Å². The molecule has 3 N–H and O–H groups in total. The van der Waals surface area contributed by atoms with E-state index in [1.54, 1.807) is 0 Å². The van der Waals surface area contributed by atoms with Crippen LogP contribution in [0.5, 0.6) is 0 Å². The molecule has 1 aromatic carbocycles. The van der Waals surface area contributed by atoms with Crippen LogP contribution in [0.3, 0.4) is 0 Å². The third-order valence-electron chi connectivity index (χ3n) is 2.47. The van der Waals surface area contributed by atoms with Gasteiger partial charge in [0, 0.05) is 17.7 Å². The number of halogens is 2. The maximum absolute atomic E-state index is 12.9. The molecule has 0 saturated carbocycles. The van der Waals surface area contributed by atoms with Crippen LogP contribution in [0.1, 0.15) is 30.1 Å². The van der Waals surface area contributed by atoms with E-state index in [1.807, 2.05) is 6.92 Å². The van der Waals surface area contributed by atoms with Gasteiger partial charge < -0.3 is 11.1 Å². The van der Waals surface area contributed by atoms with E-state index < -0.39 is 17.5 Å². The predicted molar refractivity (Wildman–Crippen MR) is 61.6 cm³/mol. The third kappa shape index (κ3) is 4.11. The Bertz CT molecular complexity index is 376. The Morgan fingerprint density at radius 2 is 1.94 bits per heavy atom. The highest BCUT2D eigenvalue weighted by atomic mass is 19.1. The van der Waals surface area contributed by atoms with E-state index in [0.717, 1.165) is 24.6 Å². The molecule has 3 nitrogen and oxygen atoms in total. The van der Waals surface area contributed by atoms with Crippen LogP contribution in [0.25, 0.3) is 0 Å². The van der Waals surface area contributed by atoms with Crippen LogP contribution in [0.15, 0.2) is 18.2 Å². The lowest BCUT2D eigenvalue weighted by Gasteiger charge is -2.15. The molecule has 94 valence electrons. The zero-order valence-corrected chi connectivity index (χ0v) is 9.67. The number of amides is 1. The molecule has 0 heterocycles. The maximum atomic E-state index is 12.9. The second-order valence-electron chi connectivity index (χ2n) is 3.81. The van der Waals surface area contributed by atoms with Crippen molar-refractivity contribution < 1.29 is 13.6 Å². The summed E-state index contributed by atoms with van der Waals surface area (Å²) in [5.41, 5.74) is 5.38. The fraction of sp³-hybridized carbons (Fsp3) is 0.417. The van der Waals surface area contributed by atoms with E-state index in [0.29, 0.717) is 13.0 Å². The number of hydrogen-bond donors (Lipinski definition) is 2. The fourth-order valence-corrected chi connectivity index (χ4v) is 1.53. The highest BCUT2D eigenvalue weighted by Crippen LogP contribution is 2.08. The van der Waals surface area contributed by atoms with Crippen molar-refractivity contribution in [1.82, 2.24) is 5.32 Å². The molecule has 1 rings (SSSR count). The second kappa shape index (κ2) is 6.30. The summed E-state index contributed by atoms with van der Waals surface area (Å²) in [5.74, 6) is -2.01. The van der Waals surface area contributed by atoms with Crippen molar-refractivity contribution in [3.8, 4) is 0 Å². The van der Waals surface area contributed by atoms with E-state index in [-0.39, 0.29) is 11.6 Å². The molecule has 17 heavy (non-hydrogen) atoms. The van der Waals surface area contributed by atoms with Gasteiger partial charge in [-0.2, -0.15) is 0 Å². The number of carbonyl (C=O) groups is 1. The quantitative estimate of drug-likeness (QED) is 0.827. The standard InChI is InChI=1S/C12H16F2N2O/c1-2-11(3-4-15)16-12(17)8-5-9(13)7-10(14)6-8/h5-7,11H,2-4,15H2,1H3,(H,16,17). The van der Waals surface area contributed by atoms with Gasteiger partial charge in [-0.15, -0.1) is 0 Å². The molecular weight excluding hydrogens is 226 g/mol. The Hall–Kier alpha value is -1.49. The van der Waals surface area contributed by atoms with Gasteiger partial charge in [0.25, 0.3) is 5.91 Å². The zero-order valence-electron chi connectivity index (χ0n) is 9.67. The summed E-state index contributed by atoms with van der Waals surface area (Å²) in [6.45, 7) is 2.36. The van der Waals surface area contributed by atoms with Crippen molar-refractivity contribution >= 4 is 5.91 Å². The van der Waals surface area contributed by atoms with Gasteiger partial charge in [-0.25, -0.2) is 8.78 Å². The van der Waals surface area contributed by atoms with Gasteiger partial charge in [0.15, 0.2) is 0 Å². The fourth-order valence-electron chi connectivity index (χ4n) is 1.53. The lowest BCUT2D eigenvalue weighted by molar-refractivity contribution is 0.0933. The van der Waals surface area contributed by atoms with Crippen molar-refractivity contribution in [3.05, 3.63) is 35.4 Å². The normalized spacial score (nSPS) is 12.2. The number of rotatable bonds is 5. The van der Waals surface area contributed by atoms with Gasteiger partial charge in [0.1, 0.15) is 11.6 Å². The highest BCUT2D eigenvalue weighted by molar-refractivity contribution is 5.94. The van der Waals surface area contributed by atoms with E-state index in [2.05, 4.69) is 5.32 Å². The smallest absolute Gasteiger partial charge is 0.251 e. The molecule has 0 spiro atoms. The van der Waals surface area contributed by atoms with Crippen LogP contribution < -0.4 is 11.1 Å². The molecule has 0 fully saturated rings. The Morgan fingerprint density at radius 1 is 1.35 bits per heavy atom. The zero-order chi connectivity index (χ0) is 12.8. The molecule has 5 heteroatoms. The monoisotopic (exact) mass is 242 g/mol. The third-order valence-corrected chi connectivity index (χ3v) is 2.47. The summed E-state index contributed by atoms with van der Waals surface area (Å²) >= 11 is 0. The molecule has 0 bridgehead atoms. The Kier molecular flexibility index (Phi) is 5.03. The van der Waals surface area contributed by atoms with Crippen molar-refractivity contribution in [3.63, 3.8) is 0 Å². The highest BCUT2D eigenvalue weighted by Gasteiger charge is 2.13. The minimum atomic E-state index is -0.762. The van der Waals surface area contributed by atoms with Crippen LogP contribution in [0, 0.1) is 11.6 Å². The number of nitrogens with two attached hydrogens (primary N) is 1. The van der Waals surface area contributed by atoms with E-state index in [1.165, 1.54) is 0 Å². The second-order valence-corrected chi connectivity index (χ2v) is 3.81. The number of carbonyl (C=O) groups excluding carboxylic acids is 1. The van der Waals surface area contributed by atoms with Gasteiger partial charge in [-0.05, 0) is 31.5 Å². The van der Waals surface area contributed by atoms with Crippen LogP contribution >= 0.6 is 0 Å². The van der Waals surface area contributed by atoms with Crippen molar-refractivity contribution in [2.45, 2.75) is 25.8 Å². The van der Waals surface area contributed by atoms with Crippen molar-refractivity contribution in [2.75, 3.05) is 6.54 Å². The van der Waals surface area contributed by atoms with E-state index in [4.69, 9.17) is 5.73 Å². The molecule has 0 aromatic heterocycles. The minimum Gasteiger partial charge on any atom is -0.349 e. The Morgan fingerprint density at radius 3 is 2.41 bits per heavy atom. The summed E-state index contributed by atoms with van der Waals surface area (Å²) in [4.78, 5) is 11.7. The Labute approximate surface area is 99.0 Å². The first-order valence-corrected chi connectivity index (χ1v) is 5.53. The Balaban J connectivity index is 2.75. The molecule has 0 aliphatic heterocycles. The van der Waals surface area contributed by atoms with Crippen LogP contribution in [-0.2, 0) is 0 Å². The lowest BCUT2D eigenvalue weighted by atomic mass is 10.1. The summed E-state index contributed by atoms with van der Waals surface area (Å²) in [7, 11) is 0. The first-order valence-electron chi connectivity index (χ1n) is 5.53. The van der Waals surface area contributed by atoms with Crippen molar-refractivity contribution in [2.24, 2.45) is 5.73 Å². The van der Waals surface area contributed by atoms with Gasteiger partial charge in [0.2, 0.25) is 0 Å². The summed E-state index contributed by atoms with van der Waals surface area (Å²) in [5, 5.41) is 2.69. The first-order chi connectivity index (χ1) is 8.06. The number of benzene rings is 1. The molecular formula is C12H16F2N2O. The molecule has 0 saturated heterocycles. The molecule has 1 aromatic rings. The molecule has 1 amide bonds. The van der Waals surface area contributed by atoms with Gasteiger partial charge in [-0.1, -0.05) is 6.92 Å². The number of hydrogen-bond acceptors (Lipinski definition) is 2. The van der Waals surface area contributed by atoms with Crippen LogP contribution in [0.2, 0.25) is 0 Å². The first kappa shape index (κ1) is 13.6. The molecule has 0 radical (unpaired) electrons. The van der Waals surface area contributed by atoms with Gasteiger partial charge in [0.05, 0.1) is 0 Å². The largest absolute Gasteiger partial charge is 0.349 e. The van der Waals surface area contributed by atoms with E-state index >= 15 is 0 Å². The number of nitrogens with one attached hydrogen (secondary N) is 1. The minimum absolute atomic E-state index is 0.0158. The summed E-state index contributed by atoms with van der Waals surface area (Å²) < 4.78 is 25.8. The average molecular weight is 242 g/mol. The van der Waals surface area contributed by atoms with Crippen LogP contribution in [-0.4, -0.2) is 18.5 Å². The molecule has 0 aliphatic rings. The van der Waals surface area contributed by atoms with Crippen LogP contribution in [0.4, 0.5) is 8.78 Å². The predicted octanol–water partition coefficient (Wildman–Crippen LogP) is 1.82. The molecule has 0 aliphatic carbocycles. The van der Waals surface area contributed by atoms with E-state index in [9.17, 15) is 13.6 Å². The molecule has 1 unspecified atom stereocenters. The molecule has 1 atom stereocenters. The SMILES string of the molecule is CCC(CCN)NC(=O)c1cc(F)cc(F)c1. The topological polar surface area (TPSA) is 55.1 Å². The summed E-state index contributed by atoms with van der Waals surface area (Å²) in [6.07, 6.45) is 1.36. The van der Waals surface area contributed by atoms with Gasteiger partial charge in [-0.3, -0.25) is 4.79 Å². The maximum Gasteiger partial charge on any atom is 0.251 e. The average Bonchev–Trinajstić information content (AvgIpc) is 2.27. The lowest BCUT2D eigenvalue weighted by Crippen LogP contribution is -2.35. The summed E-state index contributed by atoms with van der Waals surface area (Å²) in [6, 6.07) is 2.67. The van der Waals surface area contributed by atoms with Gasteiger partial charge >= 0.3 is 0 Å².